The number of aliphatic hydroxyl groups excluding tert-OH is 2. The number of unbranched alkanes of at least 4 members (excludes halogenated alkanes) is 18. The van der Waals surface area contributed by atoms with Gasteiger partial charge in [-0.2, -0.15) is 11.8 Å². The zero-order valence-corrected chi connectivity index (χ0v) is 38.9. The van der Waals surface area contributed by atoms with Gasteiger partial charge in [-0.3, -0.25) is 14.5 Å². The van der Waals surface area contributed by atoms with Crippen LogP contribution in [0.3, 0.4) is 0 Å². The SMILES string of the molecule is CCCCCCCCC(CCCCCC)COC(=O)CCCCCN(CCOCCO)CC(O)CSCCCOC(=O)C(CCCCCC)CCCCCCCC. The van der Waals surface area contributed by atoms with Crippen molar-refractivity contribution in [2.24, 2.45) is 11.8 Å². The highest BCUT2D eigenvalue weighted by atomic mass is 32.2. The lowest BCUT2D eigenvalue weighted by Crippen LogP contribution is -2.37. The van der Waals surface area contributed by atoms with E-state index in [1.54, 1.807) is 11.8 Å². The molecule has 0 saturated heterocycles. The average Bonchev–Trinajstić information content (AvgIpc) is 3.21. The van der Waals surface area contributed by atoms with Gasteiger partial charge in [0.15, 0.2) is 0 Å². The first-order valence-electron chi connectivity index (χ1n) is 24.4. The van der Waals surface area contributed by atoms with Crippen molar-refractivity contribution in [3.05, 3.63) is 0 Å². The van der Waals surface area contributed by atoms with E-state index >= 15 is 0 Å². The Bertz CT molecular complexity index is 850. The molecule has 0 fully saturated rings. The van der Waals surface area contributed by atoms with Gasteiger partial charge in [-0.1, -0.05) is 163 Å². The number of aliphatic hydroxyl groups is 2. The fourth-order valence-electron chi connectivity index (χ4n) is 7.49. The molecule has 0 amide bonds. The van der Waals surface area contributed by atoms with E-state index in [4.69, 9.17) is 19.3 Å². The first-order valence-corrected chi connectivity index (χ1v) is 25.6. The number of carbonyl (C=O) groups excluding carboxylic acids is 2. The Balaban J connectivity index is 4.52. The van der Waals surface area contributed by atoms with E-state index in [0.29, 0.717) is 57.6 Å². The first kappa shape index (κ1) is 56.1. The van der Waals surface area contributed by atoms with Crippen molar-refractivity contribution in [1.29, 1.82) is 0 Å². The summed E-state index contributed by atoms with van der Waals surface area (Å²) in [6.07, 6.45) is 32.7. The van der Waals surface area contributed by atoms with Crippen LogP contribution in [0.4, 0.5) is 0 Å². The summed E-state index contributed by atoms with van der Waals surface area (Å²) in [5, 5.41) is 20.0. The van der Waals surface area contributed by atoms with Crippen LogP contribution in [0.5, 0.6) is 0 Å². The maximum atomic E-state index is 13.0. The summed E-state index contributed by atoms with van der Waals surface area (Å²) in [7, 11) is 0. The third-order valence-corrected chi connectivity index (χ3v) is 12.4. The van der Waals surface area contributed by atoms with E-state index in [2.05, 4.69) is 32.6 Å². The molecule has 0 heterocycles. The molecule has 2 N–H and O–H groups in total. The molecule has 0 aromatic rings. The van der Waals surface area contributed by atoms with Gasteiger partial charge in [-0.25, -0.2) is 0 Å². The van der Waals surface area contributed by atoms with E-state index in [1.165, 1.54) is 128 Å². The quantitative estimate of drug-likeness (QED) is 0.0458. The van der Waals surface area contributed by atoms with E-state index in [9.17, 15) is 14.7 Å². The van der Waals surface area contributed by atoms with Crippen LogP contribution in [0.15, 0.2) is 0 Å². The zero-order chi connectivity index (χ0) is 41.9. The van der Waals surface area contributed by atoms with Crippen LogP contribution in [0.25, 0.3) is 0 Å². The topological polar surface area (TPSA) is 106 Å². The number of esters is 2. The average molecular weight is 830 g/mol. The molecule has 0 aromatic heterocycles. The summed E-state index contributed by atoms with van der Waals surface area (Å²) in [5.41, 5.74) is 0. The smallest absolute Gasteiger partial charge is 0.308 e. The lowest BCUT2D eigenvalue weighted by molar-refractivity contribution is -0.149. The summed E-state index contributed by atoms with van der Waals surface area (Å²) >= 11 is 1.71. The largest absolute Gasteiger partial charge is 0.465 e. The molecule has 0 aromatic carbocycles. The molecule has 57 heavy (non-hydrogen) atoms. The maximum absolute atomic E-state index is 13.0. The third-order valence-electron chi connectivity index (χ3n) is 11.2. The number of rotatable bonds is 46. The monoisotopic (exact) mass is 830 g/mol. The van der Waals surface area contributed by atoms with E-state index in [-0.39, 0.29) is 24.5 Å². The Hall–Kier alpha value is -0.870. The van der Waals surface area contributed by atoms with Crippen LogP contribution in [-0.4, -0.2) is 97.3 Å². The van der Waals surface area contributed by atoms with Gasteiger partial charge in [-0.15, -0.1) is 0 Å². The lowest BCUT2D eigenvalue weighted by Gasteiger charge is -2.25. The molecule has 0 aliphatic rings. The second-order valence-corrected chi connectivity index (χ2v) is 17.9. The minimum atomic E-state index is -0.471. The van der Waals surface area contributed by atoms with E-state index in [0.717, 1.165) is 63.7 Å². The molecule has 0 radical (unpaired) electrons. The highest BCUT2D eigenvalue weighted by molar-refractivity contribution is 7.99. The van der Waals surface area contributed by atoms with Gasteiger partial charge in [-0.05, 0) is 63.2 Å². The number of nitrogens with zero attached hydrogens (tertiary/aromatic N) is 1. The fourth-order valence-corrected chi connectivity index (χ4v) is 8.36. The van der Waals surface area contributed by atoms with Crippen molar-refractivity contribution in [2.45, 2.75) is 220 Å². The van der Waals surface area contributed by atoms with Gasteiger partial charge in [0.05, 0.1) is 45.1 Å². The highest BCUT2D eigenvalue weighted by Crippen LogP contribution is 2.22. The predicted molar refractivity (Wildman–Crippen MR) is 243 cm³/mol. The standard InChI is InChI=1S/C48H95NO7S/c1-5-9-13-17-19-23-30-44(29-22-15-11-7-3)42-56-47(52)33-26-21-27-34-49(35-38-54-39-36-50)41-46(51)43-57-40-28-37-55-48(53)45(31-24-16-12-8-4)32-25-20-18-14-10-6-2/h44-46,50-51H,5-43H2,1-4H3. The molecule has 0 aliphatic carbocycles. The van der Waals surface area contributed by atoms with Crippen molar-refractivity contribution in [2.75, 3.05) is 64.2 Å². The number of hydrogen-bond acceptors (Lipinski definition) is 9. The van der Waals surface area contributed by atoms with Crippen LogP contribution < -0.4 is 0 Å². The summed E-state index contributed by atoms with van der Waals surface area (Å²) in [4.78, 5) is 27.9. The van der Waals surface area contributed by atoms with Crippen LogP contribution >= 0.6 is 11.8 Å². The van der Waals surface area contributed by atoms with Crippen molar-refractivity contribution in [1.82, 2.24) is 4.90 Å². The molecule has 3 unspecified atom stereocenters. The Labute approximate surface area is 357 Å². The predicted octanol–water partition coefficient (Wildman–Crippen LogP) is 12.1. The fraction of sp³-hybridized carbons (Fsp3) is 0.958. The first-order chi connectivity index (χ1) is 27.9. The molecule has 3 atom stereocenters. The molecule has 340 valence electrons. The van der Waals surface area contributed by atoms with Crippen LogP contribution in [0.1, 0.15) is 214 Å². The van der Waals surface area contributed by atoms with Gasteiger partial charge >= 0.3 is 11.9 Å². The molecule has 0 bridgehead atoms. The second-order valence-electron chi connectivity index (χ2n) is 16.8. The minimum Gasteiger partial charge on any atom is -0.465 e. The normalized spacial score (nSPS) is 13.2. The molecule has 0 saturated carbocycles. The number of carbonyl (C=O) groups is 2. The molecular weight excluding hydrogens is 735 g/mol. The maximum Gasteiger partial charge on any atom is 0.308 e. The summed E-state index contributed by atoms with van der Waals surface area (Å²) in [6, 6.07) is 0. The number of ether oxygens (including phenoxy) is 3. The summed E-state index contributed by atoms with van der Waals surface area (Å²) in [6.45, 7) is 12.9. The van der Waals surface area contributed by atoms with Gasteiger partial charge in [0, 0.05) is 25.3 Å². The van der Waals surface area contributed by atoms with E-state index in [1.807, 2.05) is 0 Å². The van der Waals surface area contributed by atoms with Crippen LogP contribution in [-0.2, 0) is 23.8 Å². The second kappa shape index (κ2) is 44.7. The molecular formula is C48H95NO7S. The number of thioether (sulfide) groups is 1. The zero-order valence-electron chi connectivity index (χ0n) is 38.1. The van der Waals surface area contributed by atoms with Gasteiger partial charge < -0.3 is 24.4 Å². The molecule has 0 spiro atoms. The Morgan fingerprint density at radius 3 is 1.68 bits per heavy atom. The van der Waals surface area contributed by atoms with Crippen molar-refractivity contribution in [3.8, 4) is 0 Å². The molecule has 0 aliphatic heterocycles. The Morgan fingerprint density at radius 2 is 1.11 bits per heavy atom. The number of hydrogen-bond donors (Lipinski definition) is 2. The lowest BCUT2D eigenvalue weighted by atomic mass is 9.94. The van der Waals surface area contributed by atoms with Gasteiger partial charge in [0.25, 0.3) is 0 Å². The van der Waals surface area contributed by atoms with Gasteiger partial charge in [0.1, 0.15) is 0 Å². The highest BCUT2D eigenvalue weighted by Gasteiger charge is 2.20. The van der Waals surface area contributed by atoms with Crippen molar-refractivity contribution in [3.63, 3.8) is 0 Å². The van der Waals surface area contributed by atoms with Gasteiger partial charge in [0.2, 0.25) is 0 Å². The summed E-state index contributed by atoms with van der Waals surface area (Å²) in [5.74, 6) is 1.92. The Kier molecular flexibility index (Phi) is 44.0. The summed E-state index contributed by atoms with van der Waals surface area (Å²) < 4.78 is 17.1. The molecule has 9 heteroatoms. The Morgan fingerprint density at radius 1 is 0.579 bits per heavy atom. The third kappa shape index (κ3) is 39.0. The van der Waals surface area contributed by atoms with Crippen molar-refractivity contribution < 1.29 is 34.0 Å². The molecule has 8 nitrogen and oxygen atoms in total. The van der Waals surface area contributed by atoms with Crippen LogP contribution in [0.2, 0.25) is 0 Å². The van der Waals surface area contributed by atoms with Crippen LogP contribution in [0, 0.1) is 11.8 Å². The molecule has 0 rings (SSSR count). The van der Waals surface area contributed by atoms with Crippen molar-refractivity contribution >= 4 is 23.7 Å². The van der Waals surface area contributed by atoms with E-state index < -0.39 is 6.10 Å². The minimum absolute atomic E-state index is 0.00205.